The number of carboxylic acid groups (broad SMARTS) is 1. The molecule has 0 aliphatic carbocycles. The van der Waals surface area contributed by atoms with Crippen LogP contribution in [0.5, 0.6) is 0 Å². The van der Waals surface area contributed by atoms with Crippen LogP contribution in [0, 0.1) is 0 Å². The van der Waals surface area contributed by atoms with E-state index < -0.39 is 11.4 Å². The molecule has 0 aromatic carbocycles. The average Bonchev–Trinajstić information content (AvgIpc) is 2.48. The fourth-order valence-electron chi connectivity index (χ4n) is 1.43. The first-order valence-corrected chi connectivity index (χ1v) is 5.10. The standard InChI is InChI=1S/C11H18N2O2/c1-7(2)8-6-12-10(13-8)11(3,4)5-9(14)15/h6-7H,5H2,1-4H3,(H,12,13)(H,14,15). The predicted molar refractivity (Wildman–Crippen MR) is 58.0 cm³/mol. The van der Waals surface area contributed by atoms with Crippen molar-refractivity contribution >= 4 is 5.97 Å². The highest BCUT2D eigenvalue weighted by molar-refractivity contribution is 5.68. The van der Waals surface area contributed by atoms with Gasteiger partial charge in [0.2, 0.25) is 0 Å². The van der Waals surface area contributed by atoms with Crippen molar-refractivity contribution in [3.8, 4) is 0 Å². The van der Waals surface area contributed by atoms with E-state index in [0.717, 1.165) is 11.5 Å². The second kappa shape index (κ2) is 4.04. The third kappa shape index (κ3) is 2.81. The summed E-state index contributed by atoms with van der Waals surface area (Å²) in [5, 5.41) is 8.78. The molecule has 4 heteroatoms. The Morgan fingerprint density at radius 2 is 2.20 bits per heavy atom. The lowest BCUT2D eigenvalue weighted by atomic mass is 9.88. The molecule has 0 saturated heterocycles. The summed E-state index contributed by atoms with van der Waals surface area (Å²) in [6, 6.07) is 0. The first-order chi connectivity index (χ1) is 6.83. The molecule has 15 heavy (non-hydrogen) atoms. The Morgan fingerprint density at radius 1 is 1.60 bits per heavy atom. The number of nitrogens with zero attached hydrogens (tertiary/aromatic N) is 1. The van der Waals surface area contributed by atoms with Gasteiger partial charge in [0.05, 0.1) is 6.42 Å². The fraction of sp³-hybridized carbons (Fsp3) is 0.636. The van der Waals surface area contributed by atoms with Crippen LogP contribution in [0.25, 0.3) is 0 Å². The molecule has 1 aromatic heterocycles. The first-order valence-electron chi connectivity index (χ1n) is 5.10. The highest BCUT2D eigenvalue weighted by atomic mass is 16.4. The van der Waals surface area contributed by atoms with E-state index in [1.807, 2.05) is 13.8 Å². The predicted octanol–water partition coefficient (Wildman–Crippen LogP) is 2.29. The summed E-state index contributed by atoms with van der Waals surface area (Å²) >= 11 is 0. The lowest BCUT2D eigenvalue weighted by Gasteiger charge is -2.19. The molecule has 4 nitrogen and oxygen atoms in total. The molecule has 0 radical (unpaired) electrons. The van der Waals surface area contributed by atoms with Gasteiger partial charge in [-0.25, -0.2) is 4.98 Å². The summed E-state index contributed by atoms with van der Waals surface area (Å²) < 4.78 is 0. The van der Waals surface area contributed by atoms with E-state index in [1.165, 1.54) is 0 Å². The van der Waals surface area contributed by atoms with Crippen molar-refractivity contribution in [1.29, 1.82) is 0 Å². The number of nitrogens with one attached hydrogen (secondary N) is 1. The minimum atomic E-state index is -0.803. The summed E-state index contributed by atoms with van der Waals surface area (Å²) in [6.07, 6.45) is 1.86. The van der Waals surface area contributed by atoms with Gasteiger partial charge in [0.25, 0.3) is 0 Å². The van der Waals surface area contributed by atoms with Gasteiger partial charge in [-0.3, -0.25) is 4.79 Å². The Labute approximate surface area is 89.7 Å². The van der Waals surface area contributed by atoms with Crippen molar-refractivity contribution in [3.05, 3.63) is 17.7 Å². The van der Waals surface area contributed by atoms with Crippen molar-refractivity contribution in [2.75, 3.05) is 0 Å². The Morgan fingerprint density at radius 3 is 2.60 bits per heavy atom. The summed E-state index contributed by atoms with van der Waals surface area (Å²) in [6.45, 7) is 7.90. The smallest absolute Gasteiger partial charge is 0.304 e. The number of aromatic nitrogens is 2. The Kier molecular flexibility index (Phi) is 3.17. The topological polar surface area (TPSA) is 66.0 Å². The molecule has 0 aliphatic rings. The van der Waals surface area contributed by atoms with Gasteiger partial charge in [-0.1, -0.05) is 27.7 Å². The average molecular weight is 210 g/mol. The van der Waals surface area contributed by atoms with Crippen LogP contribution in [0.3, 0.4) is 0 Å². The third-order valence-corrected chi connectivity index (χ3v) is 2.45. The van der Waals surface area contributed by atoms with E-state index in [2.05, 4.69) is 23.8 Å². The Hall–Kier alpha value is -1.32. The lowest BCUT2D eigenvalue weighted by Crippen LogP contribution is -2.23. The second-order valence-electron chi connectivity index (χ2n) is 4.80. The van der Waals surface area contributed by atoms with Crippen molar-refractivity contribution in [2.45, 2.75) is 45.4 Å². The molecular weight excluding hydrogens is 192 g/mol. The third-order valence-electron chi connectivity index (χ3n) is 2.45. The number of imidazole rings is 1. The number of rotatable bonds is 4. The van der Waals surface area contributed by atoms with E-state index in [4.69, 9.17) is 5.11 Å². The summed E-state index contributed by atoms with van der Waals surface area (Å²) in [7, 11) is 0. The van der Waals surface area contributed by atoms with E-state index in [-0.39, 0.29) is 6.42 Å². The monoisotopic (exact) mass is 210 g/mol. The van der Waals surface area contributed by atoms with Crippen LogP contribution < -0.4 is 0 Å². The number of aromatic amines is 1. The van der Waals surface area contributed by atoms with E-state index >= 15 is 0 Å². The second-order valence-corrected chi connectivity index (χ2v) is 4.80. The molecule has 84 valence electrons. The van der Waals surface area contributed by atoms with E-state index in [1.54, 1.807) is 6.20 Å². The maximum absolute atomic E-state index is 10.7. The van der Waals surface area contributed by atoms with Gasteiger partial charge in [-0.15, -0.1) is 0 Å². The Bertz CT molecular complexity index is 353. The molecule has 0 aliphatic heterocycles. The zero-order valence-electron chi connectivity index (χ0n) is 9.66. The molecule has 0 spiro atoms. The van der Waals surface area contributed by atoms with Crippen molar-refractivity contribution in [3.63, 3.8) is 0 Å². The van der Waals surface area contributed by atoms with Crippen LogP contribution in [0.4, 0.5) is 0 Å². The normalized spacial score (nSPS) is 12.1. The molecule has 1 rings (SSSR count). The zero-order chi connectivity index (χ0) is 11.6. The van der Waals surface area contributed by atoms with E-state index in [9.17, 15) is 4.79 Å². The molecule has 2 N–H and O–H groups in total. The lowest BCUT2D eigenvalue weighted by molar-refractivity contribution is -0.138. The molecule has 0 unspecified atom stereocenters. The number of carboxylic acids is 1. The minimum absolute atomic E-state index is 0.0814. The molecule has 1 heterocycles. The number of aliphatic carboxylic acids is 1. The van der Waals surface area contributed by atoms with Crippen LogP contribution in [0.2, 0.25) is 0 Å². The van der Waals surface area contributed by atoms with Gasteiger partial charge in [-0.05, 0) is 5.92 Å². The van der Waals surface area contributed by atoms with Gasteiger partial charge in [-0.2, -0.15) is 0 Å². The first kappa shape index (κ1) is 11.8. The quantitative estimate of drug-likeness (QED) is 0.801. The molecule has 0 amide bonds. The van der Waals surface area contributed by atoms with Crippen LogP contribution in [-0.4, -0.2) is 21.0 Å². The van der Waals surface area contributed by atoms with Crippen LogP contribution in [0.1, 0.15) is 51.6 Å². The highest BCUT2D eigenvalue weighted by Crippen LogP contribution is 2.25. The zero-order valence-corrected chi connectivity index (χ0v) is 9.66. The molecule has 0 saturated carbocycles. The number of hydrogen-bond donors (Lipinski definition) is 2. The van der Waals surface area contributed by atoms with Gasteiger partial charge in [0.1, 0.15) is 5.82 Å². The van der Waals surface area contributed by atoms with Crippen molar-refractivity contribution < 1.29 is 9.90 Å². The maximum atomic E-state index is 10.7. The number of hydrogen-bond acceptors (Lipinski definition) is 2. The van der Waals surface area contributed by atoms with Gasteiger partial charge >= 0.3 is 5.97 Å². The van der Waals surface area contributed by atoms with Gasteiger partial charge < -0.3 is 10.1 Å². The molecule has 1 aromatic rings. The molecule has 0 atom stereocenters. The molecule has 0 fully saturated rings. The van der Waals surface area contributed by atoms with Gasteiger partial charge in [0, 0.05) is 17.3 Å². The maximum Gasteiger partial charge on any atom is 0.304 e. The minimum Gasteiger partial charge on any atom is -0.481 e. The van der Waals surface area contributed by atoms with Crippen LogP contribution >= 0.6 is 0 Å². The van der Waals surface area contributed by atoms with Crippen molar-refractivity contribution in [2.24, 2.45) is 0 Å². The van der Waals surface area contributed by atoms with Gasteiger partial charge in [0.15, 0.2) is 0 Å². The number of H-pyrrole nitrogens is 1. The summed E-state index contributed by atoms with van der Waals surface area (Å²) in [4.78, 5) is 18.1. The van der Waals surface area contributed by atoms with Crippen LogP contribution in [-0.2, 0) is 10.2 Å². The molecule has 0 bridgehead atoms. The highest BCUT2D eigenvalue weighted by Gasteiger charge is 2.27. The molecular formula is C11H18N2O2. The van der Waals surface area contributed by atoms with Crippen LogP contribution in [0.15, 0.2) is 6.20 Å². The van der Waals surface area contributed by atoms with Crippen molar-refractivity contribution in [1.82, 2.24) is 9.97 Å². The summed E-state index contributed by atoms with van der Waals surface area (Å²) in [5.41, 5.74) is 0.599. The summed E-state index contributed by atoms with van der Waals surface area (Å²) in [5.74, 6) is 0.322. The number of carbonyl (C=O) groups is 1. The largest absolute Gasteiger partial charge is 0.481 e. The SMILES string of the molecule is CC(C)c1cnc(C(C)(C)CC(=O)O)[nH]1. The Balaban J connectivity index is 2.89. The van der Waals surface area contributed by atoms with E-state index in [0.29, 0.717) is 5.92 Å². The fourth-order valence-corrected chi connectivity index (χ4v) is 1.43.